The number of aromatic nitrogens is 3. The fourth-order valence-electron chi connectivity index (χ4n) is 2.11. The van der Waals surface area contributed by atoms with Gasteiger partial charge in [-0.1, -0.05) is 15.9 Å². The minimum atomic E-state index is -0.244. The SMILES string of the molecule is O=c1[nH][nH]c(=S)n1Cc1cc(Br)cc2c1OCC2. The average molecular weight is 328 g/mol. The van der Waals surface area contributed by atoms with Crippen LogP contribution in [-0.4, -0.2) is 21.4 Å². The number of ether oxygens (including phenoxy) is 1. The van der Waals surface area contributed by atoms with Crippen molar-refractivity contribution in [2.24, 2.45) is 0 Å². The summed E-state index contributed by atoms with van der Waals surface area (Å²) in [5.74, 6) is 0.876. The molecule has 1 aromatic heterocycles. The molecule has 1 aliphatic heterocycles. The maximum Gasteiger partial charge on any atom is 0.342 e. The molecule has 0 atom stereocenters. The number of benzene rings is 1. The van der Waals surface area contributed by atoms with Crippen LogP contribution in [0.3, 0.4) is 0 Å². The molecule has 0 saturated carbocycles. The maximum absolute atomic E-state index is 11.6. The molecule has 94 valence electrons. The average Bonchev–Trinajstić information content (AvgIpc) is 2.90. The van der Waals surface area contributed by atoms with Gasteiger partial charge in [-0.2, -0.15) is 0 Å². The minimum absolute atomic E-state index is 0.244. The number of H-pyrrole nitrogens is 2. The van der Waals surface area contributed by atoms with Crippen molar-refractivity contribution in [2.75, 3.05) is 6.61 Å². The quantitative estimate of drug-likeness (QED) is 0.829. The second-order valence-corrected chi connectivity index (χ2v) is 5.40. The number of fused-ring (bicyclic) bond motifs is 1. The number of aromatic amines is 2. The molecule has 0 spiro atoms. The molecule has 1 aliphatic rings. The zero-order chi connectivity index (χ0) is 12.7. The van der Waals surface area contributed by atoms with Crippen molar-refractivity contribution in [2.45, 2.75) is 13.0 Å². The van der Waals surface area contributed by atoms with Gasteiger partial charge in [-0.3, -0.25) is 9.67 Å². The Labute approximate surface area is 116 Å². The zero-order valence-electron chi connectivity index (χ0n) is 9.33. The molecule has 0 fully saturated rings. The van der Waals surface area contributed by atoms with E-state index in [4.69, 9.17) is 17.0 Å². The van der Waals surface area contributed by atoms with E-state index >= 15 is 0 Å². The number of nitrogens with zero attached hydrogens (tertiary/aromatic N) is 1. The molecule has 0 saturated heterocycles. The number of hydrogen-bond donors (Lipinski definition) is 2. The van der Waals surface area contributed by atoms with E-state index in [1.165, 1.54) is 4.57 Å². The van der Waals surface area contributed by atoms with Crippen molar-refractivity contribution >= 4 is 28.1 Å². The van der Waals surface area contributed by atoms with Crippen LogP contribution in [0.4, 0.5) is 0 Å². The first-order valence-corrected chi connectivity index (χ1v) is 6.67. The largest absolute Gasteiger partial charge is 0.493 e. The fourth-order valence-corrected chi connectivity index (χ4v) is 2.86. The Morgan fingerprint density at radius 1 is 1.44 bits per heavy atom. The third kappa shape index (κ3) is 1.93. The molecule has 7 heteroatoms. The molecule has 2 N–H and O–H groups in total. The molecule has 0 bridgehead atoms. The van der Waals surface area contributed by atoms with Crippen molar-refractivity contribution < 1.29 is 4.74 Å². The summed E-state index contributed by atoms with van der Waals surface area (Å²) in [4.78, 5) is 11.6. The monoisotopic (exact) mass is 327 g/mol. The van der Waals surface area contributed by atoms with Gasteiger partial charge in [-0.05, 0) is 29.9 Å². The Balaban J connectivity index is 2.09. The van der Waals surface area contributed by atoms with Crippen molar-refractivity contribution in [3.8, 4) is 5.75 Å². The molecule has 0 aliphatic carbocycles. The van der Waals surface area contributed by atoms with Gasteiger partial charge in [0.2, 0.25) is 0 Å². The van der Waals surface area contributed by atoms with Gasteiger partial charge in [0.25, 0.3) is 0 Å². The predicted molar refractivity (Wildman–Crippen MR) is 72.7 cm³/mol. The molecule has 1 aromatic carbocycles. The molecular formula is C11H10BrN3O2S. The van der Waals surface area contributed by atoms with Gasteiger partial charge < -0.3 is 4.74 Å². The summed E-state index contributed by atoms with van der Waals surface area (Å²) in [6.07, 6.45) is 0.899. The van der Waals surface area contributed by atoms with Gasteiger partial charge in [0.1, 0.15) is 5.75 Å². The van der Waals surface area contributed by atoms with Crippen LogP contribution >= 0.6 is 28.1 Å². The van der Waals surface area contributed by atoms with E-state index in [0.717, 1.165) is 27.8 Å². The first-order valence-electron chi connectivity index (χ1n) is 5.47. The van der Waals surface area contributed by atoms with Gasteiger partial charge in [-0.15, -0.1) is 0 Å². The van der Waals surface area contributed by atoms with Crippen LogP contribution in [0, 0.1) is 4.77 Å². The number of nitrogens with one attached hydrogen (secondary N) is 2. The molecule has 3 rings (SSSR count). The van der Waals surface area contributed by atoms with E-state index in [1.54, 1.807) is 0 Å². The van der Waals surface area contributed by atoms with Gasteiger partial charge >= 0.3 is 5.69 Å². The third-order valence-corrected chi connectivity index (χ3v) is 3.70. The Morgan fingerprint density at radius 3 is 3.00 bits per heavy atom. The summed E-state index contributed by atoms with van der Waals surface area (Å²) in [7, 11) is 0. The zero-order valence-corrected chi connectivity index (χ0v) is 11.7. The van der Waals surface area contributed by atoms with Crippen LogP contribution in [-0.2, 0) is 13.0 Å². The Bertz CT molecular complexity index is 688. The molecule has 18 heavy (non-hydrogen) atoms. The Morgan fingerprint density at radius 2 is 2.28 bits per heavy atom. The van der Waals surface area contributed by atoms with E-state index in [0.29, 0.717) is 17.9 Å². The first kappa shape index (κ1) is 11.7. The standard InChI is InChI=1S/C11H10BrN3O2S/c12-8-3-6-1-2-17-9(6)7(4-8)5-15-10(16)13-14-11(15)18/h3-4H,1-2,5H2,(H,13,16)(H,14,18). The number of hydrogen-bond acceptors (Lipinski definition) is 3. The fraction of sp³-hybridized carbons (Fsp3) is 0.273. The topological polar surface area (TPSA) is 62.8 Å². The van der Waals surface area contributed by atoms with E-state index in [2.05, 4.69) is 26.1 Å². The summed E-state index contributed by atoms with van der Waals surface area (Å²) in [6, 6.07) is 4.00. The smallest absolute Gasteiger partial charge is 0.342 e. The molecule has 5 nitrogen and oxygen atoms in total. The highest BCUT2D eigenvalue weighted by Gasteiger charge is 2.18. The Kier molecular flexibility index (Phi) is 2.87. The van der Waals surface area contributed by atoms with Gasteiger partial charge in [0.05, 0.1) is 13.2 Å². The number of rotatable bonds is 2. The van der Waals surface area contributed by atoms with Crippen molar-refractivity contribution in [3.63, 3.8) is 0 Å². The lowest BCUT2D eigenvalue weighted by Gasteiger charge is -2.08. The molecule has 0 amide bonds. The molecular weight excluding hydrogens is 318 g/mol. The number of halogens is 1. The van der Waals surface area contributed by atoms with E-state index in [-0.39, 0.29) is 5.69 Å². The molecule has 2 aromatic rings. The van der Waals surface area contributed by atoms with Crippen LogP contribution in [0.15, 0.2) is 21.4 Å². The molecule has 2 heterocycles. The maximum atomic E-state index is 11.6. The third-order valence-electron chi connectivity index (χ3n) is 2.92. The summed E-state index contributed by atoms with van der Waals surface area (Å²) in [5.41, 5.74) is 1.88. The van der Waals surface area contributed by atoms with Gasteiger partial charge in [0.15, 0.2) is 4.77 Å². The normalized spacial score (nSPS) is 13.4. The summed E-state index contributed by atoms with van der Waals surface area (Å²) in [5, 5.41) is 5.09. The van der Waals surface area contributed by atoms with Crippen molar-refractivity contribution in [1.82, 2.24) is 14.8 Å². The van der Waals surface area contributed by atoms with Crippen LogP contribution in [0.2, 0.25) is 0 Å². The highest BCUT2D eigenvalue weighted by molar-refractivity contribution is 9.10. The van der Waals surface area contributed by atoms with E-state index < -0.39 is 0 Å². The minimum Gasteiger partial charge on any atom is -0.493 e. The second kappa shape index (κ2) is 4.40. The van der Waals surface area contributed by atoms with Crippen LogP contribution in [0.5, 0.6) is 5.75 Å². The predicted octanol–water partition coefficient (Wildman–Crippen LogP) is 1.98. The van der Waals surface area contributed by atoms with Crippen molar-refractivity contribution in [1.29, 1.82) is 0 Å². The van der Waals surface area contributed by atoms with Crippen molar-refractivity contribution in [3.05, 3.63) is 43.0 Å². The highest BCUT2D eigenvalue weighted by atomic mass is 79.9. The van der Waals surface area contributed by atoms with Gasteiger partial charge in [0, 0.05) is 16.5 Å². The Hall–Kier alpha value is -1.34. The highest BCUT2D eigenvalue weighted by Crippen LogP contribution is 2.33. The van der Waals surface area contributed by atoms with Crippen LogP contribution in [0.25, 0.3) is 0 Å². The molecule has 0 unspecified atom stereocenters. The molecule has 0 radical (unpaired) electrons. The summed E-state index contributed by atoms with van der Waals surface area (Å²) >= 11 is 8.53. The second-order valence-electron chi connectivity index (χ2n) is 4.10. The summed E-state index contributed by atoms with van der Waals surface area (Å²) < 4.78 is 8.46. The summed E-state index contributed by atoms with van der Waals surface area (Å²) in [6.45, 7) is 1.09. The van der Waals surface area contributed by atoms with E-state index in [9.17, 15) is 4.79 Å². The lowest BCUT2D eigenvalue weighted by atomic mass is 10.1. The van der Waals surface area contributed by atoms with Crippen LogP contribution in [0.1, 0.15) is 11.1 Å². The van der Waals surface area contributed by atoms with E-state index in [1.807, 2.05) is 12.1 Å². The lowest BCUT2D eigenvalue weighted by molar-refractivity contribution is 0.352. The lowest BCUT2D eigenvalue weighted by Crippen LogP contribution is -2.18. The first-order chi connectivity index (χ1) is 8.65. The van der Waals surface area contributed by atoms with Crippen LogP contribution < -0.4 is 10.4 Å². The van der Waals surface area contributed by atoms with Gasteiger partial charge in [-0.25, -0.2) is 9.89 Å².